The Labute approximate surface area is 141 Å². The molecule has 23 heavy (non-hydrogen) atoms. The number of hydrogen-bond donors (Lipinski definition) is 1. The summed E-state index contributed by atoms with van der Waals surface area (Å²) < 4.78 is 13.2. The van der Waals surface area contributed by atoms with Crippen molar-refractivity contribution in [1.82, 2.24) is 5.32 Å². The number of amides is 1. The van der Waals surface area contributed by atoms with Gasteiger partial charge >= 0.3 is 0 Å². The maximum absolute atomic E-state index is 13.2. The second-order valence-corrected chi connectivity index (χ2v) is 8.51. The molecule has 0 radical (unpaired) electrons. The van der Waals surface area contributed by atoms with E-state index in [2.05, 4.69) is 12.2 Å². The number of carbonyl (C=O) groups is 1. The molecule has 0 aliphatic heterocycles. The van der Waals surface area contributed by atoms with Gasteiger partial charge in [-0.3, -0.25) is 4.79 Å². The van der Waals surface area contributed by atoms with Crippen molar-refractivity contribution < 1.29 is 9.18 Å². The number of benzene rings is 1. The molecular weight excluding hydrogens is 313 g/mol. The molecule has 124 valence electrons. The van der Waals surface area contributed by atoms with Crippen molar-refractivity contribution in [2.24, 2.45) is 23.2 Å². The summed E-state index contributed by atoms with van der Waals surface area (Å²) in [6.07, 6.45) is 7.92. The molecule has 0 spiro atoms. The minimum Gasteiger partial charge on any atom is -0.349 e. The number of carbonyl (C=O) groups excluding carboxylic acids is 1. The molecule has 4 heteroatoms. The molecule has 0 aromatic heterocycles. The predicted octanol–water partition coefficient (Wildman–Crippen LogP) is 4.81. The van der Waals surface area contributed by atoms with E-state index in [-0.39, 0.29) is 22.4 Å². The zero-order chi connectivity index (χ0) is 16.2. The summed E-state index contributed by atoms with van der Waals surface area (Å²) >= 11 is 6.03. The first-order valence-electron chi connectivity index (χ1n) is 8.71. The minimum atomic E-state index is -0.416. The van der Waals surface area contributed by atoms with E-state index in [0.717, 1.165) is 17.8 Å². The standard InChI is InChI=1S/C19H23ClFNO/c1-11(22-18(23)16-3-2-15(21)7-17(16)20)19-8-12-4-13(9-19)6-14(5-12)10-19/h2-3,7,11-14H,4-6,8-10H2,1H3,(H,22,23)/t11-,12?,13?,14?,19?/m0/s1. The van der Waals surface area contributed by atoms with Crippen LogP contribution in [-0.4, -0.2) is 11.9 Å². The van der Waals surface area contributed by atoms with Gasteiger partial charge in [0.1, 0.15) is 5.82 Å². The Bertz CT molecular complexity index is 609. The van der Waals surface area contributed by atoms with E-state index < -0.39 is 5.82 Å². The lowest BCUT2D eigenvalue weighted by Gasteiger charge is -2.59. The van der Waals surface area contributed by atoms with Crippen LogP contribution in [0.2, 0.25) is 5.02 Å². The molecule has 4 fully saturated rings. The Balaban J connectivity index is 1.51. The van der Waals surface area contributed by atoms with E-state index in [1.54, 1.807) is 0 Å². The van der Waals surface area contributed by atoms with Gasteiger partial charge in [0.25, 0.3) is 5.91 Å². The molecule has 4 aliphatic rings. The Hall–Kier alpha value is -1.09. The van der Waals surface area contributed by atoms with E-state index in [1.165, 1.54) is 56.7 Å². The average Bonchev–Trinajstić information content (AvgIpc) is 2.45. The van der Waals surface area contributed by atoms with Gasteiger partial charge < -0.3 is 5.32 Å². The molecule has 0 saturated heterocycles. The van der Waals surface area contributed by atoms with Crippen molar-refractivity contribution in [1.29, 1.82) is 0 Å². The van der Waals surface area contributed by atoms with Gasteiger partial charge in [0.05, 0.1) is 10.6 Å². The second kappa shape index (κ2) is 5.47. The van der Waals surface area contributed by atoms with Gasteiger partial charge in [0.15, 0.2) is 0 Å². The van der Waals surface area contributed by atoms with Gasteiger partial charge in [-0.05, 0) is 86.8 Å². The van der Waals surface area contributed by atoms with Crippen molar-refractivity contribution >= 4 is 17.5 Å². The topological polar surface area (TPSA) is 29.1 Å². The molecule has 1 atom stereocenters. The first-order chi connectivity index (χ1) is 10.9. The Morgan fingerprint density at radius 2 is 1.78 bits per heavy atom. The molecule has 0 heterocycles. The van der Waals surface area contributed by atoms with Crippen LogP contribution in [0.5, 0.6) is 0 Å². The first-order valence-corrected chi connectivity index (χ1v) is 9.09. The number of rotatable bonds is 3. The highest BCUT2D eigenvalue weighted by molar-refractivity contribution is 6.33. The number of nitrogens with one attached hydrogen (secondary N) is 1. The maximum Gasteiger partial charge on any atom is 0.253 e. The van der Waals surface area contributed by atoms with Crippen LogP contribution in [0.25, 0.3) is 0 Å². The molecule has 1 N–H and O–H groups in total. The van der Waals surface area contributed by atoms with E-state index in [1.807, 2.05) is 0 Å². The molecule has 1 aromatic carbocycles. The van der Waals surface area contributed by atoms with Crippen LogP contribution in [0.3, 0.4) is 0 Å². The molecule has 5 rings (SSSR count). The highest BCUT2D eigenvalue weighted by Gasteiger charge is 2.53. The Kier molecular flexibility index (Phi) is 3.67. The van der Waals surface area contributed by atoms with E-state index >= 15 is 0 Å². The Morgan fingerprint density at radius 1 is 1.22 bits per heavy atom. The summed E-state index contributed by atoms with van der Waals surface area (Å²) in [6.45, 7) is 2.14. The fourth-order valence-electron chi connectivity index (χ4n) is 5.81. The van der Waals surface area contributed by atoms with Gasteiger partial charge in [-0.2, -0.15) is 0 Å². The van der Waals surface area contributed by atoms with Crippen LogP contribution in [0.4, 0.5) is 4.39 Å². The molecule has 4 saturated carbocycles. The number of hydrogen-bond acceptors (Lipinski definition) is 1. The van der Waals surface area contributed by atoms with E-state index in [4.69, 9.17) is 11.6 Å². The zero-order valence-corrected chi connectivity index (χ0v) is 14.2. The van der Waals surface area contributed by atoms with Crippen LogP contribution >= 0.6 is 11.6 Å². The summed E-state index contributed by atoms with van der Waals surface area (Å²) in [5.41, 5.74) is 0.626. The zero-order valence-electron chi connectivity index (χ0n) is 13.4. The summed E-state index contributed by atoms with van der Waals surface area (Å²) in [7, 11) is 0. The normalized spacial score (nSPS) is 36.0. The molecule has 1 amide bonds. The fourth-order valence-corrected chi connectivity index (χ4v) is 6.06. The second-order valence-electron chi connectivity index (χ2n) is 8.10. The monoisotopic (exact) mass is 335 g/mol. The van der Waals surface area contributed by atoms with Gasteiger partial charge in [0, 0.05) is 6.04 Å². The molecule has 0 unspecified atom stereocenters. The number of halogens is 2. The van der Waals surface area contributed by atoms with Crippen molar-refractivity contribution in [3.8, 4) is 0 Å². The lowest BCUT2D eigenvalue weighted by molar-refractivity contribution is -0.0688. The smallest absolute Gasteiger partial charge is 0.253 e. The summed E-state index contributed by atoms with van der Waals surface area (Å²) in [4.78, 5) is 12.6. The highest BCUT2D eigenvalue weighted by Crippen LogP contribution is 2.61. The lowest BCUT2D eigenvalue weighted by atomic mass is 9.48. The molecule has 2 nitrogen and oxygen atoms in total. The van der Waals surface area contributed by atoms with Gasteiger partial charge in [-0.25, -0.2) is 4.39 Å². The van der Waals surface area contributed by atoms with Gasteiger partial charge in [0.2, 0.25) is 0 Å². The van der Waals surface area contributed by atoms with Crippen LogP contribution in [0, 0.1) is 29.0 Å². The van der Waals surface area contributed by atoms with Gasteiger partial charge in [-0.15, -0.1) is 0 Å². The predicted molar refractivity (Wildman–Crippen MR) is 88.9 cm³/mol. The third-order valence-corrected chi connectivity index (χ3v) is 6.84. The van der Waals surface area contributed by atoms with E-state index in [0.29, 0.717) is 5.56 Å². The fraction of sp³-hybridized carbons (Fsp3) is 0.632. The minimum absolute atomic E-state index is 0.143. The van der Waals surface area contributed by atoms with Crippen LogP contribution in [0.1, 0.15) is 55.8 Å². The molecule has 4 aliphatic carbocycles. The van der Waals surface area contributed by atoms with Gasteiger partial charge in [-0.1, -0.05) is 11.6 Å². The third kappa shape index (κ3) is 2.67. The molecular formula is C19H23ClFNO. The lowest BCUT2D eigenvalue weighted by Crippen LogP contribution is -2.55. The van der Waals surface area contributed by atoms with Crippen molar-refractivity contribution in [2.75, 3.05) is 0 Å². The summed E-state index contributed by atoms with van der Waals surface area (Å²) in [6, 6.07) is 4.10. The molecule has 1 aromatic rings. The quantitative estimate of drug-likeness (QED) is 0.843. The largest absolute Gasteiger partial charge is 0.349 e. The molecule has 4 bridgehead atoms. The summed E-state index contributed by atoms with van der Waals surface area (Å²) in [5.74, 6) is 1.97. The highest BCUT2D eigenvalue weighted by atomic mass is 35.5. The van der Waals surface area contributed by atoms with Crippen LogP contribution in [-0.2, 0) is 0 Å². The summed E-state index contributed by atoms with van der Waals surface area (Å²) in [5, 5.41) is 3.35. The SMILES string of the molecule is C[C@H](NC(=O)c1ccc(F)cc1Cl)C12CC3CC(CC(C3)C1)C2. The van der Waals surface area contributed by atoms with Crippen LogP contribution < -0.4 is 5.32 Å². The maximum atomic E-state index is 13.2. The van der Waals surface area contributed by atoms with Crippen LogP contribution in [0.15, 0.2) is 18.2 Å². The van der Waals surface area contributed by atoms with Crippen molar-refractivity contribution in [2.45, 2.75) is 51.5 Å². The van der Waals surface area contributed by atoms with E-state index in [9.17, 15) is 9.18 Å². The van der Waals surface area contributed by atoms with Crippen molar-refractivity contribution in [3.63, 3.8) is 0 Å². The third-order valence-electron chi connectivity index (χ3n) is 6.53. The first kappa shape index (κ1) is 15.4. The Morgan fingerprint density at radius 3 is 2.30 bits per heavy atom. The van der Waals surface area contributed by atoms with Crippen molar-refractivity contribution in [3.05, 3.63) is 34.6 Å². The average molecular weight is 336 g/mol.